The molecule has 0 radical (unpaired) electrons. The van der Waals surface area contributed by atoms with Crippen molar-refractivity contribution >= 4 is 17.2 Å². The molecule has 1 aliphatic carbocycles. The van der Waals surface area contributed by atoms with Crippen molar-refractivity contribution in [3.05, 3.63) is 57.7 Å². The Hall–Kier alpha value is -2.51. The average molecular weight is 410 g/mol. The average Bonchev–Trinajstić information content (AvgIpc) is 3.51. The highest BCUT2D eigenvalue weighted by Crippen LogP contribution is 2.38. The topological polar surface area (TPSA) is 68.5 Å². The second kappa shape index (κ2) is 8.08. The van der Waals surface area contributed by atoms with Gasteiger partial charge in [0.25, 0.3) is 5.91 Å². The number of ether oxygens (including phenoxy) is 1. The molecule has 0 bridgehead atoms. The number of hydrogen-bond acceptors (Lipinski definition) is 6. The van der Waals surface area contributed by atoms with Crippen molar-refractivity contribution in [2.24, 2.45) is 0 Å². The summed E-state index contributed by atoms with van der Waals surface area (Å²) in [7, 11) is 0. The van der Waals surface area contributed by atoms with Gasteiger partial charge in [0.1, 0.15) is 0 Å². The fourth-order valence-corrected chi connectivity index (χ4v) is 5.05. The van der Waals surface area contributed by atoms with Gasteiger partial charge in [-0.15, -0.1) is 11.3 Å². The van der Waals surface area contributed by atoms with Gasteiger partial charge in [-0.1, -0.05) is 5.16 Å². The first-order chi connectivity index (χ1) is 14.3. The third-order valence-electron chi connectivity index (χ3n) is 5.74. The summed E-state index contributed by atoms with van der Waals surface area (Å²) in [6.45, 7) is 1.99. The van der Waals surface area contributed by atoms with Crippen molar-refractivity contribution in [1.82, 2.24) is 15.0 Å². The van der Waals surface area contributed by atoms with E-state index in [1.165, 1.54) is 4.88 Å². The van der Waals surface area contributed by atoms with Crippen molar-refractivity contribution in [1.29, 1.82) is 0 Å². The number of rotatable bonds is 6. The van der Waals surface area contributed by atoms with Crippen molar-refractivity contribution in [2.75, 3.05) is 19.7 Å². The van der Waals surface area contributed by atoms with Gasteiger partial charge in [0.05, 0.1) is 6.10 Å². The number of thiophene rings is 1. The molecule has 1 atom stereocenters. The number of fused-ring (bicyclic) bond motifs is 3. The standard InChI is InChI=1S/C22H23N3O3S/c26-22(20-18-3-4-19-17(8-13-29-19)21(18)28-24-20)25(14-16-2-1-12-27-16)11-7-15-5-9-23-10-6-15/h5-6,8-10,13,16H,1-4,7,11-12,14H2/t16-/m1/s1. The van der Waals surface area contributed by atoms with Crippen LogP contribution in [0.15, 0.2) is 40.5 Å². The second-order valence-corrected chi connectivity index (χ2v) is 8.59. The van der Waals surface area contributed by atoms with Crippen LogP contribution in [-0.4, -0.2) is 46.7 Å². The predicted molar refractivity (Wildman–Crippen MR) is 110 cm³/mol. The summed E-state index contributed by atoms with van der Waals surface area (Å²) >= 11 is 1.74. The molecule has 1 saturated heterocycles. The Bertz CT molecular complexity index is 992. The van der Waals surface area contributed by atoms with E-state index in [-0.39, 0.29) is 12.0 Å². The highest BCUT2D eigenvalue weighted by Gasteiger charge is 2.32. The van der Waals surface area contributed by atoms with E-state index in [1.54, 1.807) is 23.7 Å². The van der Waals surface area contributed by atoms with Crippen LogP contribution < -0.4 is 0 Å². The molecule has 29 heavy (non-hydrogen) atoms. The molecule has 4 heterocycles. The summed E-state index contributed by atoms with van der Waals surface area (Å²) < 4.78 is 11.5. The second-order valence-electron chi connectivity index (χ2n) is 7.59. The van der Waals surface area contributed by atoms with Crippen LogP contribution in [0, 0.1) is 0 Å². The highest BCUT2D eigenvalue weighted by molar-refractivity contribution is 7.10. The number of aromatic nitrogens is 2. The zero-order chi connectivity index (χ0) is 19.6. The molecular formula is C22H23N3O3S. The molecule has 150 valence electrons. The largest absolute Gasteiger partial charge is 0.376 e. The number of hydrogen-bond donors (Lipinski definition) is 0. The van der Waals surface area contributed by atoms with Crippen molar-refractivity contribution in [3.8, 4) is 11.3 Å². The lowest BCUT2D eigenvalue weighted by atomic mass is 9.95. The summed E-state index contributed by atoms with van der Waals surface area (Å²) in [5, 5.41) is 6.29. The van der Waals surface area contributed by atoms with Crippen LogP contribution in [0.1, 0.15) is 39.3 Å². The first kappa shape index (κ1) is 18.5. The van der Waals surface area contributed by atoms with E-state index < -0.39 is 0 Å². The fraction of sp³-hybridized carbons (Fsp3) is 0.409. The molecule has 3 aromatic rings. The third kappa shape index (κ3) is 3.72. The van der Waals surface area contributed by atoms with E-state index in [4.69, 9.17) is 9.26 Å². The van der Waals surface area contributed by atoms with Gasteiger partial charge in [0, 0.05) is 48.1 Å². The van der Waals surface area contributed by atoms with Crippen molar-refractivity contribution in [2.45, 2.75) is 38.2 Å². The lowest BCUT2D eigenvalue weighted by Crippen LogP contribution is -2.39. The smallest absolute Gasteiger partial charge is 0.276 e. The Morgan fingerprint density at radius 2 is 2.14 bits per heavy atom. The SMILES string of the molecule is O=C(c1noc2c1CCc1sccc1-2)N(CCc1ccncc1)C[C@H]1CCCO1. The van der Waals surface area contributed by atoms with Gasteiger partial charge < -0.3 is 14.2 Å². The Balaban J connectivity index is 1.39. The molecule has 6 nitrogen and oxygen atoms in total. The molecule has 0 spiro atoms. The summed E-state index contributed by atoms with van der Waals surface area (Å²) in [4.78, 5) is 20.7. The monoisotopic (exact) mass is 409 g/mol. The molecule has 0 N–H and O–H groups in total. The zero-order valence-corrected chi connectivity index (χ0v) is 17.0. The molecule has 1 fully saturated rings. The number of aryl methyl sites for hydroxylation is 1. The number of pyridine rings is 1. The molecular weight excluding hydrogens is 386 g/mol. The fourth-order valence-electron chi connectivity index (χ4n) is 4.17. The molecule has 7 heteroatoms. The van der Waals surface area contributed by atoms with Gasteiger partial charge in [-0.25, -0.2) is 0 Å². The molecule has 1 aliphatic heterocycles. The van der Waals surface area contributed by atoms with E-state index in [9.17, 15) is 4.79 Å². The van der Waals surface area contributed by atoms with Crippen molar-refractivity contribution in [3.63, 3.8) is 0 Å². The lowest BCUT2D eigenvalue weighted by molar-refractivity contribution is 0.0520. The van der Waals surface area contributed by atoms with Gasteiger partial charge in [-0.2, -0.15) is 0 Å². The lowest BCUT2D eigenvalue weighted by Gasteiger charge is -2.25. The van der Waals surface area contributed by atoms with Gasteiger partial charge in [-0.05, 0) is 61.2 Å². The van der Waals surface area contributed by atoms with Gasteiger partial charge in [-0.3, -0.25) is 9.78 Å². The molecule has 5 rings (SSSR count). The highest BCUT2D eigenvalue weighted by atomic mass is 32.1. The summed E-state index contributed by atoms with van der Waals surface area (Å²) in [5.41, 5.74) is 3.66. The van der Waals surface area contributed by atoms with Gasteiger partial charge >= 0.3 is 0 Å². The molecule has 2 aliphatic rings. The number of nitrogens with zero attached hydrogens (tertiary/aromatic N) is 3. The molecule has 0 saturated carbocycles. The van der Waals surface area contributed by atoms with Gasteiger partial charge in [0.2, 0.25) is 0 Å². The van der Waals surface area contributed by atoms with Crippen LogP contribution in [0.2, 0.25) is 0 Å². The maximum Gasteiger partial charge on any atom is 0.276 e. The summed E-state index contributed by atoms with van der Waals surface area (Å²) in [6, 6.07) is 6.04. The van der Waals surface area contributed by atoms with E-state index in [0.717, 1.165) is 61.2 Å². The number of amides is 1. The van der Waals surface area contributed by atoms with E-state index in [0.29, 0.717) is 18.8 Å². The third-order valence-corrected chi connectivity index (χ3v) is 6.72. The molecule has 0 aromatic carbocycles. The number of carbonyl (C=O) groups is 1. The minimum absolute atomic E-state index is 0.0572. The molecule has 0 unspecified atom stereocenters. The van der Waals surface area contributed by atoms with Crippen LogP contribution in [0.3, 0.4) is 0 Å². The molecule has 3 aromatic heterocycles. The van der Waals surface area contributed by atoms with Crippen LogP contribution in [0.4, 0.5) is 0 Å². The normalized spacial score (nSPS) is 17.7. The summed E-state index contributed by atoms with van der Waals surface area (Å²) in [6.07, 6.45) is 8.22. The minimum Gasteiger partial charge on any atom is -0.376 e. The summed E-state index contributed by atoms with van der Waals surface area (Å²) in [5.74, 6) is 0.709. The van der Waals surface area contributed by atoms with Crippen LogP contribution in [0.5, 0.6) is 0 Å². The minimum atomic E-state index is -0.0572. The van der Waals surface area contributed by atoms with Crippen molar-refractivity contribution < 1.29 is 14.1 Å². The maximum atomic E-state index is 13.5. The predicted octanol–water partition coefficient (Wildman–Crippen LogP) is 3.76. The van der Waals surface area contributed by atoms with Gasteiger partial charge in [0.15, 0.2) is 11.5 Å². The zero-order valence-electron chi connectivity index (χ0n) is 16.2. The Morgan fingerprint density at radius 3 is 2.97 bits per heavy atom. The Labute approximate surface area is 173 Å². The first-order valence-electron chi connectivity index (χ1n) is 10.1. The first-order valence-corrected chi connectivity index (χ1v) is 11.0. The maximum absolute atomic E-state index is 13.5. The van der Waals surface area contributed by atoms with E-state index in [2.05, 4.69) is 21.6 Å². The van der Waals surface area contributed by atoms with E-state index in [1.807, 2.05) is 17.0 Å². The quantitative estimate of drug-likeness (QED) is 0.620. The number of carbonyl (C=O) groups excluding carboxylic acids is 1. The Kier molecular flexibility index (Phi) is 5.16. The van der Waals surface area contributed by atoms with Crippen LogP contribution in [0.25, 0.3) is 11.3 Å². The van der Waals surface area contributed by atoms with E-state index >= 15 is 0 Å². The molecule has 1 amide bonds. The van der Waals surface area contributed by atoms with Crippen LogP contribution >= 0.6 is 11.3 Å². The Morgan fingerprint density at radius 1 is 1.24 bits per heavy atom. The van der Waals surface area contributed by atoms with Crippen LogP contribution in [-0.2, 0) is 24.0 Å².